The molecule has 0 radical (unpaired) electrons. The molecule has 9 heteroatoms. The first kappa shape index (κ1) is 25.6. The van der Waals surface area contributed by atoms with E-state index in [0.29, 0.717) is 26.3 Å². The molecule has 1 N–H and O–H groups in total. The largest absolute Gasteiger partial charge is 0.389 e. The molecule has 9 nitrogen and oxygen atoms in total. The summed E-state index contributed by atoms with van der Waals surface area (Å²) in [5.74, 6) is 3.23. The van der Waals surface area contributed by atoms with Gasteiger partial charge >= 0.3 is 0 Å². The second-order valence-corrected chi connectivity index (χ2v) is 8.84. The molecule has 1 unspecified atom stereocenters. The topological polar surface area (TPSA) is 83.7 Å². The minimum atomic E-state index is -0.653. The summed E-state index contributed by atoms with van der Waals surface area (Å²) in [6.07, 6.45) is 4.63. The average molecular weight is 485 g/mol. The van der Waals surface area contributed by atoms with Crippen LogP contribution >= 0.6 is 0 Å². The van der Waals surface area contributed by atoms with Crippen LogP contribution in [0.15, 0.2) is 34.9 Å². The van der Waals surface area contributed by atoms with Crippen molar-refractivity contribution in [2.24, 2.45) is 0 Å². The molecule has 190 valence electrons. The number of ether oxygens (including phenoxy) is 3. The van der Waals surface area contributed by atoms with Crippen LogP contribution in [0, 0.1) is 12.3 Å². The predicted molar refractivity (Wildman–Crippen MR) is 133 cm³/mol. The van der Waals surface area contributed by atoms with Gasteiger partial charge in [-0.1, -0.05) is 41.4 Å². The van der Waals surface area contributed by atoms with Crippen molar-refractivity contribution in [3.63, 3.8) is 0 Å². The van der Waals surface area contributed by atoms with Crippen molar-refractivity contribution in [1.29, 1.82) is 0 Å². The van der Waals surface area contributed by atoms with Crippen molar-refractivity contribution in [2.45, 2.75) is 12.6 Å². The van der Waals surface area contributed by atoms with Crippen molar-refractivity contribution < 1.29 is 23.8 Å². The lowest BCUT2D eigenvalue weighted by atomic mass is 10.1. The van der Waals surface area contributed by atoms with E-state index >= 15 is 0 Å². The first-order chi connectivity index (χ1) is 17.2. The summed E-state index contributed by atoms with van der Waals surface area (Å²) in [5.41, 5.74) is 2.87. The molecule has 0 bridgehead atoms. The standard InChI is InChI=1S/C26H36N4O5/c1-2-14-34-21-23(31)19-29(9-8-28-10-15-32-16-11-28)20-24-25(22-6-4-3-5-7-22)27-35-26(24)30-12-17-33-18-13-30/h1,3-7,23,31H,8-21H2. The minimum absolute atomic E-state index is 0.190. The summed E-state index contributed by atoms with van der Waals surface area (Å²) in [6.45, 7) is 9.30. The number of benzene rings is 1. The van der Waals surface area contributed by atoms with E-state index in [-0.39, 0.29) is 13.2 Å². The van der Waals surface area contributed by atoms with Crippen LogP contribution in [0.5, 0.6) is 0 Å². The van der Waals surface area contributed by atoms with Gasteiger partial charge in [-0.25, -0.2) is 0 Å². The Hall–Kier alpha value is -2.45. The highest BCUT2D eigenvalue weighted by Gasteiger charge is 2.26. The Balaban J connectivity index is 1.55. The summed E-state index contributed by atoms with van der Waals surface area (Å²) in [4.78, 5) is 6.85. The Labute approximate surface area is 207 Å². The first-order valence-corrected chi connectivity index (χ1v) is 12.3. The summed E-state index contributed by atoms with van der Waals surface area (Å²) in [6, 6.07) is 10.1. The summed E-state index contributed by atoms with van der Waals surface area (Å²) >= 11 is 0. The average Bonchev–Trinajstić information content (AvgIpc) is 3.32. The summed E-state index contributed by atoms with van der Waals surface area (Å²) < 4.78 is 22.4. The van der Waals surface area contributed by atoms with E-state index < -0.39 is 6.10 Å². The molecule has 1 atom stereocenters. The Morgan fingerprint density at radius 3 is 2.51 bits per heavy atom. The quantitative estimate of drug-likeness (QED) is 0.354. The van der Waals surface area contributed by atoms with Crippen molar-refractivity contribution in [2.75, 3.05) is 90.4 Å². The summed E-state index contributed by atoms with van der Waals surface area (Å²) in [7, 11) is 0. The zero-order chi connectivity index (χ0) is 24.3. The van der Waals surface area contributed by atoms with Crippen LogP contribution < -0.4 is 4.90 Å². The van der Waals surface area contributed by atoms with Gasteiger partial charge in [0.25, 0.3) is 0 Å². The monoisotopic (exact) mass is 484 g/mol. The Bertz CT molecular complexity index is 920. The van der Waals surface area contributed by atoms with Crippen molar-refractivity contribution in [3.8, 4) is 23.6 Å². The smallest absolute Gasteiger partial charge is 0.232 e. The molecule has 2 aliphatic rings. The molecular weight excluding hydrogens is 448 g/mol. The Morgan fingerprint density at radius 2 is 1.80 bits per heavy atom. The van der Waals surface area contributed by atoms with E-state index in [1.807, 2.05) is 30.3 Å². The molecule has 0 spiro atoms. The van der Waals surface area contributed by atoms with Gasteiger partial charge in [0, 0.05) is 57.9 Å². The van der Waals surface area contributed by atoms with Crippen LogP contribution in [0.25, 0.3) is 11.3 Å². The zero-order valence-corrected chi connectivity index (χ0v) is 20.3. The fraction of sp³-hybridized carbons (Fsp3) is 0.577. The van der Waals surface area contributed by atoms with Gasteiger partial charge < -0.3 is 28.7 Å². The maximum atomic E-state index is 10.7. The third kappa shape index (κ3) is 7.51. The molecule has 4 rings (SSSR count). The van der Waals surface area contributed by atoms with Crippen LogP contribution in [0.4, 0.5) is 5.88 Å². The summed E-state index contributed by atoms with van der Waals surface area (Å²) in [5, 5.41) is 15.2. The molecular formula is C26H36N4O5. The van der Waals surface area contributed by atoms with Gasteiger partial charge in [0.2, 0.25) is 5.88 Å². The fourth-order valence-electron chi connectivity index (χ4n) is 4.45. The van der Waals surface area contributed by atoms with Crippen LogP contribution in [0.1, 0.15) is 5.56 Å². The zero-order valence-electron chi connectivity index (χ0n) is 20.3. The third-order valence-corrected chi connectivity index (χ3v) is 6.30. The molecule has 2 fully saturated rings. The normalized spacial score (nSPS) is 18.0. The maximum Gasteiger partial charge on any atom is 0.232 e. The number of morpholine rings is 2. The number of aromatic nitrogens is 1. The minimum Gasteiger partial charge on any atom is -0.389 e. The lowest BCUT2D eigenvalue weighted by Crippen LogP contribution is -2.43. The van der Waals surface area contributed by atoms with E-state index in [2.05, 4.69) is 25.8 Å². The van der Waals surface area contributed by atoms with Crippen LogP contribution in [0.2, 0.25) is 0 Å². The molecule has 35 heavy (non-hydrogen) atoms. The van der Waals surface area contributed by atoms with Gasteiger partial charge in [0.15, 0.2) is 0 Å². The molecule has 1 aromatic heterocycles. The molecule has 0 saturated carbocycles. The number of hydrogen-bond acceptors (Lipinski definition) is 9. The third-order valence-electron chi connectivity index (χ3n) is 6.30. The van der Waals surface area contributed by atoms with E-state index in [4.69, 9.17) is 25.2 Å². The highest BCUT2D eigenvalue weighted by Crippen LogP contribution is 2.33. The van der Waals surface area contributed by atoms with Crippen LogP contribution in [-0.2, 0) is 20.8 Å². The molecule has 2 saturated heterocycles. The van der Waals surface area contributed by atoms with Crippen LogP contribution in [-0.4, -0.2) is 112 Å². The number of nitrogens with zero attached hydrogens (tertiary/aromatic N) is 4. The van der Waals surface area contributed by atoms with Crippen LogP contribution in [0.3, 0.4) is 0 Å². The number of aliphatic hydroxyl groups excluding tert-OH is 1. The number of anilines is 1. The SMILES string of the molecule is C#CCOCC(O)CN(CCN1CCOCC1)Cc1c(-c2ccccc2)noc1N1CCOCC1. The van der Waals surface area contributed by atoms with E-state index in [0.717, 1.165) is 75.2 Å². The Morgan fingerprint density at radius 1 is 1.09 bits per heavy atom. The first-order valence-electron chi connectivity index (χ1n) is 12.3. The van der Waals surface area contributed by atoms with E-state index in [1.165, 1.54) is 0 Å². The predicted octanol–water partition coefficient (Wildman–Crippen LogP) is 1.32. The lowest BCUT2D eigenvalue weighted by Gasteiger charge is -2.32. The molecule has 0 aliphatic carbocycles. The van der Waals surface area contributed by atoms with Gasteiger partial charge in [-0.2, -0.15) is 0 Å². The highest BCUT2D eigenvalue weighted by molar-refractivity contribution is 5.68. The fourth-order valence-corrected chi connectivity index (χ4v) is 4.45. The molecule has 1 aromatic carbocycles. The molecule has 2 aromatic rings. The maximum absolute atomic E-state index is 10.7. The molecule has 3 heterocycles. The van der Waals surface area contributed by atoms with Gasteiger partial charge in [0.1, 0.15) is 12.3 Å². The Kier molecular flexibility index (Phi) is 9.95. The molecule has 2 aliphatic heterocycles. The number of hydrogen-bond donors (Lipinski definition) is 1. The van der Waals surface area contributed by atoms with Crippen molar-refractivity contribution in [1.82, 2.24) is 15.0 Å². The van der Waals surface area contributed by atoms with Crippen molar-refractivity contribution in [3.05, 3.63) is 35.9 Å². The van der Waals surface area contributed by atoms with E-state index in [1.54, 1.807) is 0 Å². The van der Waals surface area contributed by atoms with E-state index in [9.17, 15) is 5.11 Å². The lowest BCUT2D eigenvalue weighted by molar-refractivity contribution is 0.0137. The van der Waals surface area contributed by atoms with Gasteiger partial charge in [0.05, 0.1) is 44.7 Å². The van der Waals surface area contributed by atoms with Gasteiger partial charge in [-0.05, 0) is 0 Å². The van der Waals surface area contributed by atoms with Gasteiger partial charge in [-0.3, -0.25) is 9.80 Å². The molecule has 0 amide bonds. The second-order valence-electron chi connectivity index (χ2n) is 8.84. The number of aliphatic hydroxyl groups is 1. The van der Waals surface area contributed by atoms with Gasteiger partial charge in [-0.15, -0.1) is 6.42 Å². The highest BCUT2D eigenvalue weighted by atomic mass is 16.5. The number of terminal acetylenes is 1. The van der Waals surface area contributed by atoms with Crippen molar-refractivity contribution >= 4 is 5.88 Å². The second kappa shape index (κ2) is 13.6. The number of rotatable bonds is 12.